The lowest BCUT2D eigenvalue weighted by Crippen LogP contribution is -2.30. The van der Waals surface area contributed by atoms with Gasteiger partial charge in [0.1, 0.15) is 5.78 Å². The maximum absolute atomic E-state index is 12.5. The zero-order valence-corrected chi connectivity index (χ0v) is 16.7. The van der Waals surface area contributed by atoms with Crippen LogP contribution >= 0.6 is 11.8 Å². The Kier molecular flexibility index (Phi) is 7.19. The van der Waals surface area contributed by atoms with Gasteiger partial charge in [-0.1, -0.05) is 30.3 Å². The molecule has 0 spiro atoms. The summed E-state index contributed by atoms with van der Waals surface area (Å²) >= 11 is 1.27. The highest BCUT2D eigenvalue weighted by atomic mass is 32.2. The van der Waals surface area contributed by atoms with Crippen LogP contribution in [0.1, 0.15) is 35.3 Å². The minimum atomic E-state index is -0.956. The fourth-order valence-electron chi connectivity index (χ4n) is 2.45. The van der Waals surface area contributed by atoms with Crippen molar-refractivity contribution in [1.29, 1.82) is 0 Å². The molecule has 142 valence electrons. The highest BCUT2D eigenvalue weighted by Crippen LogP contribution is 2.24. The van der Waals surface area contributed by atoms with E-state index in [0.717, 1.165) is 16.8 Å². The molecule has 0 aliphatic rings. The van der Waals surface area contributed by atoms with Crippen molar-refractivity contribution in [3.8, 4) is 0 Å². The van der Waals surface area contributed by atoms with Crippen LogP contribution in [0.15, 0.2) is 47.4 Å². The molecule has 2 rings (SSSR count). The van der Waals surface area contributed by atoms with E-state index < -0.39 is 18.0 Å². The molecular weight excluding hydrogens is 362 g/mol. The number of anilines is 1. The van der Waals surface area contributed by atoms with E-state index >= 15 is 0 Å². The first-order valence-corrected chi connectivity index (χ1v) is 9.57. The predicted octanol–water partition coefficient (Wildman–Crippen LogP) is 4.17. The molecule has 27 heavy (non-hydrogen) atoms. The lowest BCUT2D eigenvalue weighted by molar-refractivity contribution is -0.123. The van der Waals surface area contributed by atoms with Gasteiger partial charge in [-0.05, 0) is 51.0 Å². The van der Waals surface area contributed by atoms with Crippen LogP contribution in [-0.2, 0) is 14.3 Å². The van der Waals surface area contributed by atoms with Gasteiger partial charge in [-0.2, -0.15) is 0 Å². The average molecular weight is 385 g/mol. The SMILES string of the molecule is CC(=O)CSc1ccccc1C(=O)O[C@@H](C)C(=O)Nc1c(C)cccc1C. The monoisotopic (exact) mass is 385 g/mol. The topological polar surface area (TPSA) is 72.5 Å². The van der Waals surface area contributed by atoms with Crippen molar-refractivity contribution in [2.24, 2.45) is 0 Å². The Morgan fingerprint density at radius 2 is 1.67 bits per heavy atom. The van der Waals surface area contributed by atoms with Crippen molar-refractivity contribution >= 4 is 35.1 Å². The number of aryl methyl sites for hydroxylation is 2. The Bertz CT molecular complexity index is 843. The van der Waals surface area contributed by atoms with Crippen LogP contribution in [0.5, 0.6) is 0 Å². The van der Waals surface area contributed by atoms with Crippen LogP contribution in [-0.4, -0.2) is 29.5 Å². The number of hydrogen-bond acceptors (Lipinski definition) is 5. The van der Waals surface area contributed by atoms with E-state index in [-0.39, 0.29) is 11.5 Å². The molecule has 5 nitrogen and oxygen atoms in total. The predicted molar refractivity (Wildman–Crippen MR) is 107 cm³/mol. The second kappa shape index (κ2) is 9.37. The number of thioether (sulfide) groups is 1. The van der Waals surface area contributed by atoms with Gasteiger partial charge in [-0.3, -0.25) is 9.59 Å². The average Bonchev–Trinajstić information content (AvgIpc) is 2.63. The van der Waals surface area contributed by atoms with Gasteiger partial charge in [0.25, 0.3) is 5.91 Å². The highest BCUT2D eigenvalue weighted by Gasteiger charge is 2.22. The normalized spacial score (nSPS) is 11.6. The summed E-state index contributed by atoms with van der Waals surface area (Å²) in [6.45, 7) is 6.84. The Morgan fingerprint density at radius 1 is 1.04 bits per heavy atom. The van der Waals surface area contributed by atoms with E-state index in [0.29, 0.717) is 10.5 Å². The Morgan fingerprint density at radius 3 is 2.30 bits per heavy atom. The minimum Gasteiger partial charge on any atom is -0.449 e. The van der Waals surface area contributed by atoms with E-state index in [1.165, 1.54) is 25.6 Å². The lowest BCUT2D eigenvalue weighted by atomic mass is 10.1. The molecule has 2 aromatic rings. The quantitative estimate of drug-likeness (QED) is 0.572. The Balaban J connectivity index is 2.07. The summed E-state index contributed by atoms with van der Waals surface area (Å²) in [5.74, 6) is -0.697. The summed E-state index contributed by atoms with van der Waals surface area (Å²) in [7, 11) is 0. The number of esters is 1. The number of Topliss-reactive ketones (excluding diaryl/α,β-unsaturated/α-hetero) is 1. The number of carbonyl (C=O) groups excluding carboxylic acids is 3. The number of ketones is 1. The summed E-state index contributed by atoms with van der Waals surface area (Å²) in [4.78, 5) is 36.8. The van der Waals surface area contributed by atoms with Gasteiger partial charge in [-0.15, -0.1) is 11.8 Å². The van der Waals surface area contributed by atoms with Crippen molar-refractivity contribution in [3.05, 3.63) is 59.2 Å². The zero-order chi connectivity index (χ0) is 20.0. The van der Waals surface area contributed by atoms with Crippen LogP contribution in [0.4, 0.5) is 5.69 Å². The first-order chi connectivity index (χ1) is 12.8. The third-order valence-electron chi connectivity index (χ3n) is 3.92. The molecule has 2 aromatic carbocycles. The third-order valence-corrected chi connectivity index (χ3v) is 5.14. The number of ether oxygens (including phenoxy) is 1. The molecule has 6 heteroatoms. The fourth-order valence-corrected chi connectivity index (χ4v) is 3.29. The third kappa shape index (κ3) is 5.69. The number of benzene rings is 2. The molecule has 0 aliphatic heterocycles. The first-order valence-electron chi connectivity index (χ1n) is 8.59. The highest BCUT2D eigenvalue weighted by molar-refractivity contribution is 8.00. The Labute approximate surface area is 163 Å². The van der Waals surface area contributed by atoms with Crippen LogP contribution in [0, 0.1) is 13.8 Å². The van der Waals surface area contributed by atoms with Crippen molar-refractivity contribution in [2.45, 2.75) is 38.7 Å². The standard InChI is InChI=1S/C21H23NO4S/c1-13-8-7-9-14(2)19(13)22-20(24)16(4)26-21(25)17-10-5-6-11-18(17)27-12-15(3)23/h5-11,16H,12H2,1-4H3,(H,22,24)/t16-/m0/s1. The summed E-state index contributed by atoms with van der Waals surface area (Å²) in [6, 6.07) is 12.6. The van der Waals surface area contributed by atoms with Gasteiger partial charge in [0, 0.05) is 10.6 Å². The maximum atomic E-state index is 12.5. The summed E-state index contributed by atoms with van der Waals surface area (Å²) in [5, 5.41) is 2.82. The van der Waals surface area contributed by atoms with Crippen molar-refractivity contribution < 1.29 is 19.1 Å². The number of rotatable bonds is 7. The molecule has 0 radical (unpaired) electrons. The van der Waals surface area contributed by atoms with E-state index in [2.05, 4.69) is 5.32 Å². The van der Waals surface area contributed by atoms with Gasteiger partial charge in [0.05, 0.1) is 11.3 Å². The second-order valence-corrected chi connectivity index (χ2v) is 7.31. The molecule has 0 unspecified atom stereocenters. The largest absolute Gasteiger partial charge is 0.449 e. The molecule has 0 bridgehead atoms. The van der Waals surface area contributed by atoms with E-state index in [9.17, 15) is 14.4 Å². The second-order valence-electron chi connectivity index (χ2n) is 6.29. The van der Waals surface area contributed by atoms with Crippen molar-refractivity contribution in [1.82, 2.24) is 0 Å². The number of carbonyl (C=O) groups is 3. The van der Waals surface area contributed by atoms with Crippen LogP contribution < -0.4 is 5.32 Å². The minimum absolute atomic E-state index is 0.0181. The van der Waals surface area contributed by atoms with Crippen LogP contribution in [0.3, 0.4) is 0 Å². The van der Waals surface area contributed by atoms with Crippen LogP contribution in [0.25, 0.3) is 0 Å². The fraction of sp³-hybridized carbons (Fsp3) is 0.286. The van der Waals surface area contributed by atoms with Gasteiger partial charge < -0.3 is 10.1 Å². The van der Waals surface area contributed by atoms with Crippen LogP contribution in [0.2, 0.25) is 0 Å². The number of para-hydroxylation sites is 1. The summed E-state index contributed by atoms with van der Waals surface area (Å²) < 4.78 is 5.35. The van der Waals surface area contributed by atoms with Gasteiger partial charge in [0.2, 0.25) is 0 Å². The first kappa shape index (κ1) is 20.7. The van der Waals surface area contributed by atoms with Gasteiger partial charge >= 0.3 is 5.97 Å². The lowest BCUT2D eigenvalue weighted by Gasteiger charge is -2.17. The van der Waals surface area contributed by atoms with E-state index in [4.69, 9.17) is 4.74 Å². The molecule has 0 saturated heterocycles. The Hall–Kier alpha value is -2.60. The van der Waals surface area contributed by atoms with E-state index in [1.54, 1.807) is 24.3 Å². The maximum Gasteiger partial charge on any atom is 0.340 e. The molecule has 0 saturated carbocycles. The molecular formula is C21H23NO4S. The summed E-state index contributed by atoms with van der Waals surface area (Å²) in [6.07, 6.45) is -0.956. The number of hydrogen-bond donors (Lipinski definition) is 1. The van der Waals surface area contributed by atoms with Gasteiger partial charge in [0.15, 0.2) is 6.10 Å². The molecule has 1 atom stereocenters. The molecule has 1 amide bonds. The van der Waals surface area contributed by atoms with E-state index in [1.807, 2.05) is 32.0 Å². The molecule has 0 aromatic heterocycles. The van der Waals surface area contributed by atoms with Crippen molar-refractivity contribution in [2.75, 3.05) is 11.1 Å². The number of nitrogens with one attached hydrogen (secondary N) is 1. The molecule has 0 aliphatic carbocycles. The molecule has 1 N–H and O–H groups in total. The smallest absolute Gasteiger partial charge is 0.340 e. The summed E-state index contributed by atoms with van der Waals surface area (Å²) in [5.41, 5.74) is 2.94. The number of amides is 1. The molecule has 0 heterocycles. The molecule has 0 fully saturated rings. The van der Waals surface area contributed by atoms with Crippen molar-refractivity contribution in [3.63, 3.8) is 0 Å². The zero-order valence-electron chi connectivity index (χ0n) is 15.9. The van der Waals surface area contributed by atoms with Gasteiger partial charge in [-0.25, -0.2) is 4.79 Å².